The third-order valence-corrected chi connectivity index (χ3v) is 8.33. The predicted octanol–water partition coefficient (Wildman–Crippen LogP) is 4.70. The van der Waals surface area contributed by atoms with Gasteiger partial charge in [-0.25, -0.2) is 4.98 Å². The average molecular weight is 574 g/mol. The monoisotopic (exact) mass is 573 g/mol. The van der Waals surface area contributed by atoms with Crippen LogP contribution in [-0.4, -0.2) is 36.7 Å². The fourth-order valence-corrected chi connectivity index (χ4v) is 6.39. The maximum Gasteiger partial charge on any atom is 0.252 e. The highest BCUT2D eigenvalue weighted by Gasteiger charge is 2.27. The van der Waals surface area contributed by atoms with Crippen molar-refractivity contribution in [3.63, 3.8) is 0 Å². The van der Waals surface area contributed by atoms with Crippen molar-refractivity contribution in [1.29, 1.82) is 0 Å². The molecule has 0 radical (unpaired) electrons. The van der Waals surface area contributed by atoms with E-state index in [1.165, 1.54) is 22.0 Å². The van der Waals surface area contributed by atoms with Gasteiger partial charge in [-0.1, -0.05) is 30.3 Å². The minimum atomic E-state index is -0.109. The lowest BCUT2D eigenvalue weighted by molar-refractivity contribution is 0.0966. The van der Waals surface area contributed by atoms with E-state index in [2.05, 4.69) is 61.8 Å². The number of amides is 1. The molecular formula is C34H35N7O2. The smallest absolute Gasteiger partial charge is 0.252 e. The molecule has 0 bridgehead atoms. The Morgan fingerprint density at radius 3 is 2.77 bits per heavy atom. The third kappa shape index (κ3) is 5.07. The van der Waals surface area contributed by atoms with E-state index in [9.17, 15) is 9.90 Å². The van der Waals surface area contributed by atoms with Crippen LogP contribution in [0.15, 0.2) is 73.3 Å². The van der Waals surface area contributed by atoms with Crippen molar-refractivity contribution in [1.82, 2.24) is 29.7 Å². The second-order valence-corrected chi connectivity index (χ2v) is 11.4. The molecular weight excluding hydrogens is 538 g/mol. The number of nitrogens with one attached hydrogen (secondary N) is 3. The lowest BCUT2D eigenvalue weighted by atomic mass is 9.94. The molecule has 1 amide bonds. The summed E-state index contributed by atoms with van der Waals surface area (Å²) in [7, 11) is 1.99. The van der Waals surface area contributed by atoms with E-state index in [4.69, 9.17) is 5.73 Å². The summed E-state index contributed by atoms with van der Waals surface area (Å²) in [5, 5.41) is 19.3. The summed E-state index contributed by atoms with van der Waals surface area (Å²) in [6.45, 7) is 3.02. The topological polar surface area (TPSA) is 126 Å². The van der Waals surface area contributed by atoms with E-state index in [0.717, 1.165) is 51.8 Å². The standard InChI is InChI=1S/C34H35N7O2/c1-40-18-24(38-20-40)19-41-17-22(5-4-10-35)26-9-8-21(11-31(26)41)14-36-16-30-33(27-6-2-3-7-29(27)39-30)28-13-25(42)12-23-15-37-34(43)32(23)28/h2-3,6-9,11-13,17-18,20,36,39,42H,4-5,10,14-16,19,35H2,1H3,(H,37,43). The van der Waals surface area contributed by atoms with Crippen molar-refractivity contribution in [3.05, 3.63) is 107 Å². The zero-order valence-electron chi connectivity index (χ0n) is 24.2. The number of aryl methyl sites for hydroxylation is 2. The van der Waals surface area contributed by atoms with Gasteiger partial charge in [0.15, 0.2) is 0 Å². The molecule has 9 heteroatoms. The number of H-pyrrole nitrogens is 1. The van der Waals surface area contributed by atoms with E-state index >= 15 is 0 Å². The van der Waals surface area contributed by atoms with Gasteiger partial charge in [0.05, 0.1) is 24.1 Å². The number of hydrogen-bond acceptors (Lipinski definition) is 5. The van der Waals surface area contributed by atoms with E-state index < -0.39 is 0 Å². The number of carbonyl (C=O) groups excluding carboxylic acids is 1. The number of rotatable bonds is 10. The molecule has 0 unspecified atom stereocenters. The number of benzene rings is 3. The summed E-state index contributed by atoms with van der Waals surface area (Å²) in [6, 6.07) is 18.1. The minimum absolute atomic E-state index is 0.109. The van der Waals surface area contributed by atoms with E-state index in [1.54, 1.807) is 12.1 Å². The number of nitrogens with zero attached hydrogens (tertiary/aromatic N) is 3. The van der Waals surface area contributed by atoms with Crippen LogP contribution in [0.5, 0.6) is 5.75 Å². The van der Waals surface area contributed by atoms with Gasteiger partial charge in [0.2, 0.25) is 0 Å². The SMILES string of the molecule is Cn1cnc(Cn2cc(CCCN)c3ccc(CNCc4[nH]c5ccccc5c4-c4cc(O)cc5c4C(=O)NC5)cc32)c1. The van der Waals surface area contributed by atoms with Crippen LogP contribution in [0.25, 0.3) is 32.9 Å². The van der Waals surface area contributed by atoms with Crippen molar-refractivity contribution in [2.24, 2.45) is 12.8 Å². The van der Waals surface area contributed by atoms with Gasteiger partial charge in [-0.2, -0.15) is 0 Å². The molecule has 0 fully saturated rings. The summed E-state index contributed by atoms with van der Waals surface area (Å²) in [5.41, 5.74) is 15.6. The number of imidazole rings is 1. The molecule has 0 spiro atoms. The quantitative estimate of drug-likeness (QED) is 0.162. The Bertz CT molecular complexity index is 1980. The molecule has 43 heavy (non-hydrogen) atoms. The van der Waals surface area contributed by atoms with Crippen molar-refractivity contribution in [2.75, 3.05) is 6.54 Å². The molecule has 0 saturated heterocycles. The normalized spacial score (nSPS) is 12.8. The number of fused-ring (bicyclic) bond motifs is 3. The van der Waals surface area contributed by atoms with Crippen molar-refractivity contribution in [2.45, 2.75) is 39.0 Å². The molecule has 1 aliphatic rings. The summed E-state index contributed by atoms with van der Waals surface area (Å²) >= 11 is 0. The van der Waals surface area contributed by atoms with Crippen LogP contribution in [0.4, 0.5) is 0 Å². The van der Waals surface area contributed by atoms with Crippen LogP contribution in [0, 0.1) is 0 Å². The first-order chi connectivity index (χ1) is 21.0. The Hall–Kier alpha value is -4.86. The average Bonchev–Trinajstić information content (AvgIpc) is 3.76. The van der Waals surface area contributed by atoms with Gasteiger partial charge in [0.25, 0.3) is 5.91 Å². The summed E-state index contributed by atoms with van der Waals surface area (Å²) in [4.78, 5) is 20.9. The molecule has 9 nitrogen and oxygen atoms in total. The first-order valence-electron chi connectivity index (χ1n) is 14.7. The van der Waals surface area contributed by atoms with Gasteiger partial charge in [-0.05, 0) is 60.3 Å². The number of aromatic hydroxyl groups is 1. The number of aromatic nitrogens is 4. The molecule has 7 rings (SSSR count). The van der Waals surface area contributed by atoms with Crippen molar-refractivity contribution >= 4 is 27.7 Å². The van der Waals surface area contributed by atoms with Crippen LogP contribution in [0.3, 0.4) is 0 Å². The van der Waals surface area contributed by atoms with Gasteiger partial charge in [0, 0.05) is 77.7 Å². The number of phenolic OH excluding ortho intramolecular Hbond substituents is 1. The highest BCUT2D eigenvalue weighted by molar-refractivity contribution is 6.09. The van der Waals surface area contributed by atoms with Crippen LogP contribution >= 0.6 is 0 Å². The molecule has 3 aromatic heterocycles. The van der Waals surface area contributed by atoms with E-state index in [-0.39, 0.29) is 11.7 Å². The van der Waals surface area contributed by atoms with Crippen LogP contribution in [0.1, 0.15) is 44.9 Å². The summed E-state index contributed by atoms with van der Waals surface area (Å²) in [5.74, 6) is 0.0457. The molecule has 6 N–H and O–H groups in total. The number of nitrogens with two attached hydrogens (primary N) is 1. The van der Waals surface area contributed by atoms with Crippen molar-refractivity contribution in [3.8, 4) is 16.9 Å². The Balaban J connectivity index is 1.19. The lowest BCUT2D eigenvalue weighted by Crippen LogP contribution is -2.15. The van der Waals surface area contributed by atoms with Gasteiger partial charge in [-0.15, -0.1) is 0 Å². The Kier molecular flexibility index (Phi) is 6.96. The van der Waals surface area contributed by atoms with Gasteiger partial charge in [0.1, 0.15) is 5.75 Å². The van der Waals surface area contributed by atoms with Gasteiger partial charge in [-0.3, -0.25) is 4.79 Å². The van der Waals surface area contributed by atoms with Crippen molar-refractivity contribution < 1.29 is 9.90 Å². The molecule has 3 aromatic carbocycles. The molecule has 1 aliphatic heterocycles. The molecule has 0 aliphatic carbocycles. The van der Waals surface area contributed by atoms with E-state index in [1.807, 2.05) is 36.1 Å². The van der Waals surface area contributed by atoms with E-state index in [0.29, 0.717) is 38.3 Å². The number of para-hydroxylation sites is 1. The number of hydrogen-bond donors (Lipinski definition) is 5. The zero-order valence-corrected chi connectivity index (χ0v) is 24.2. The predicted molar refractivity (Wildman–Crippen MR) is 169 cm³/mol. The Morgan fingerprint density at radius 2 is 1.93 bits per heavy atom. The first kappa shape index (κ1) is 27.0. The third-order valence-electron chi connectivity index (χ3n) is 8.33. The number of carbonyl (C=O) groups is 1. The molecule has 0 saturated carbocycles. The summed E-state index contributed by atoms with van der Waals surface area (Å²) in [6.07, 6.45) is 8.02. The lowest BCUT2D eigenvalue weighted by Gasteiger charge is -2.12. The number of phenols is 1. The molecule has 6 aromatic rings. The highest BCUT2D eigenvalue weighted by Crippen LogP contribution is 2.39. The van der Waals surface area contributed by atoms with Crippen LogP contribution in [0.2, 0.25) is 0 Å². The molecule has 0 atom stereocenters. The molecule has 218 valence electrons. The summed E-state index contributed by atoms with van der Waals surface area (Å²) < 4.78 is 4.26. The van der Waals surface area contributed by atoms with Crippen LogP contribution < -0.4 is 16.4 Å². The van der Waals surface area contributed by atoms with Gasteiger partial charge < -0.3 is 35.6 Å². The largest absolute Gasteiger partial charge is 0.508 e. The second-order valence-electron chi connectivity index (χ2n) is 11.4. The fraction of sp³-hybridized carbons (Fsp3) is 0.235. The Labute approximate surface area is 249 Å². The first-order valence-corrected chi connectivity index (χ1v) is 14.7. The second kappa shape index (κ2) is 11.1. The molecule has 4 heterocycles. The number of aromatic amines is 1. The maximum atomic E-state index is 12.8. The van der Waals surface area contributed by atoms with Gasteiger partial charge >= 0.3 is 0 Å². The van der Waals surface area contributed by atoms with Crippen LogP contribution in [-0.2, 0) is 39.6 Å². The zero-order chi connectivity index (χ0) is 29.5. The fourth-order valence-electron chi connectivity index (χ4n) is 6.39. The Morgan fingerprint density at radius 1 is 1.05 bits per heavy atom. The maximum absolute atomic E-state index is 12.8. The highest BCUT2D eigenvalue weighted by atomic mass is 16.3. The minimum Gasteiger partial charge on any atom is -0.508 e.